The van der Waals surface area contributed by atoms with E-state index in [1.807, 2.05) is 25.1 Å². The summed E-state index contributed by atoms with van der Waals surface area (Å²) >= 11 is 0. The molecule has 0 amide bonds. The summed E-state index contributed by atoms with van der Waals surface area (Å²) in [5.41, 5.74) is 2.28. The molecular formula is C22H25NO5. The average molecular weight is 383 g/mol. The van der Waals surface area contributed by atoms with Gasteiger partial charge in [0.25, 0.3) is 0 Å². The molecule has 0 aromatic heterocycles. The van der Waals surface area contributed by atoms with E-state index >= 15 is 0 Å². The van der Waals surface area contributed by atoms with Gasteiger partial charge in [0.15, 0.2) is 5.78 Å². The average Bonchev–Trinajstić information content (AvgIpc) is 2.68. The lowest BCUT2D eigenvalue weighted by molar-refractivity contribution is -0.527. The highest BCUT2D eigenvalue weighted by Crippen LogP contribution is 2.30. The van der Waals surface area contributed by atoms with E-state index in [-0.39, 0.29) is 36.6 Å². The molecule has 0 radical (unpaired) electrons. The molecule has 2 aromatic carbocycles. The van der Waals surface area contributed by atoms with E-state index in [0.717, 1.165) is 5.56 Å². The summed E-state index contributed by atoms with van der Waals surface area (Å²) in [5.74, 6) is -1.25. The summed E-state index contributed by atoms with van der Waals surface area (Å²) in [4.78, 5) is 35.9. The normalized spacial score (nSPS) is 12.8. The fourth-order valence-electron chi connectivity index (χ4n) is 3.19. The van der Waals surface area contributed by atoms with Crippen LogP contribution in [0.4, 0.5) is 0 Å². The van der Waals surface area contributed by atoms with Gasteiger partial charge < -0.3 is 4.74 Å². The van der Waals surface area contributed by atoms with Crippen molar-refractivity contribution in [3.05, 3.63) is 81.4 Å². The minimum atomic E-state index is -1.05. The van der Waals surface area contributed by atoms with Gasteiger partial charge in [-0.25, -0.2) is 0 Å². The molecule has 0 saturated heterocycles. The number of carbonyl (C=O) groups excluding carboxylic acids is 2. The summed E-state index contributed by atoms with van der Waals surface area (Å²) in [6, 6.07) is 15.1. The number of nitro groups is 1. The van der Waals surface area contributed by atoms with E-state index in [0.29, 0.717) is 11.1 Å². The standard InChI is InChI=1S/C22H25NO5/c1-3-28-22(25)14-13-20(23(26)27)19(17-7-5-4-6-8-17)15-21(24)18-11-9-16(2)10-12-18/h4-12,19-20H,3,13-15H2,1-2H3/t19-,20-/m1/s1. The lowest BCUT2D eigenvalue weighted by atomic mass is 9.84. The Morgan fingerprint density at radius 1 is 1.07 bits per heavy atom. The van der Waals surface area contributed by atoms with Crippen LogP contribution in [0.25, 0.3) is 0 Å². The molecular weight excluding hydrogens is 358 g/mol. The number of rotatable bonds is 10. The third-order valence-corrected chi connectivity index (χ3v) is 4.69. The maximum Gasteiger partial charge on any atom is 0.306 e. The van der Waals surface area contributed by atoms with Crippen LogP contribution in [0, 0.1) is 17.0 Å². The van der Waals surface area contributed by atoms with Gasteiger partial charge in [-0.2, -0.15) is 0 Å². The predicted octanol–water partition coefficient (Wildman–Crippen LogP) is 4.34. The van der Waals surface area contributed by atoms with Crippen LogP contribution in [0.2, 0.25) is 0 Å². The van der Waals surface area contributed by atoms with E-state index in [1.165, 1.54) is 0 Å². The molecule has 0 aliphatic carbocycles. The van der Waals surface area contributed by atoms with Crippen LogP contribution in [0.5, 0.6) is 0 Å². The van der Waals surface area contributed by atoms with Gasteiger partial charge in [-0.1, -0.05) is 60.2 Å². The molecule has 0 aliphatic rings. The Morgan fingerprint density at radius 3 is 2.29 bits per heavy atom. The number of ether oxygens (including phenoxy) is 1. The monoisotopic (exact) mass is 383 g/mol. The predicted molar refractivity (Wildman–Crippen MR) is 106 cm³/mol. The first-order chi connectivity index (χ1) is 13.4. The number of benzene rings is 2. The second kappa shape index (κ2) is 10.3. The lowest BCUT2D eigenvalue weighted by Gasteiger charge is -2.21. The number of aryl methyl sites for hydroxylation is 1. The Labute approximate surface area is 164 Å². The quantitative estimate of drug-likeness (QED) is 0.264. The van der Waals surface area contributed by atoms with Crippen molar-refractivity contribution in [2.45, 2.75) is 45.1 Å². The summed E-state index contributed by atoms with van der Waals surface area (Å²) in [6.45, 7) is 3.85. The highest BCUT2D eigenvalue weighted by Gasteiger charge is 2.35. The van der Waals surface area contributed by atoms with Crippen molar-refractivity contribution < 1.29 is 19.2 Å². The molecule has 6 nitrogen and oxygen atoms in total. The maximum absolute atomic E-state index is 12.8. The molecule has 0 saturated carbocycles. The second-order valence-electron chi connectivity index (χ2n) is 6.71. The molecule has 0 N–H and O–H groups in total. The molecule has 0 bridgehead atoms. The first-order valence-corrected chi connectivity index (χ1v) is 9.36. The number of nitrogens with zero attached hydrogens (tertiary/aromatic N) is 1. The topological polar surface area (TPSA) is 86.5 Å². The van der Waals surface area contributed by atoms with Crippen LogP contribution in [0.3, 0.4) is 0 Å². The largest absolute Gasteiger partial charge is 0.466 e. The summed E-state index contributed by atoms with van der Waals surface area (Å²) in [6.07, 6.45) is -0.0321. The van der Waals surface area contributed by atoms with E-state index in [9.17, 15) is 19.7 Å². The molecule has 2 aromatic rings. The molecule has 0 heterocycles. The fourth-order valence-corrected chi connectivity index (χ4v) is 3.19. The van der Waals surface area contributed by atoms with Gasteiger partial charge in [0, 0.05) is 23.3 Å². The Bertz CT molecular complexity index is 801. The van der Waals surface area contributed by atoms with E-state index in [4.69, 9.17) is 4.74 Å². The zero-order chi connectivity index (χ0) is 20.5. The number of carbonyl (C=O) groups is 2. The number of esters is 1. The van der Waals surface area contributed by atoms with Crippen molar-refractivity contribution in [2.75, 3.05) is 6.61 Å². The van der Waals surface area contributed by atoms with Gasteiger partial charge in [0.05, 0.1) is 18.9 Å². The maximum atomic E-state index is 12.8. The summed E-state index contributed by atoms with van der Waals surface area (Å²) < 4.78 is 4.89. The minimum Gasteiger partial charge on any atom is -0.466 e. The van der Waals surface area contributed by atoms with E-state index in [1.54, 1.807) is 43.3 Å². The molecule has 6 heteroatoms. The molecule has 2 atom stereocenters. The first-order valence-electron chi connectivity index (χ1n) is 9.36. The lowest BCUT2D eigenvalue weighted by Crippen LogP contribution is -2.30. The van der Waals surface area contributed by atoms with E-state index in [2.05, 4.69) is 0 Å². The smallest absolute Gasteiger partial charge is 0.306 e. The van der Waals surface area contributed by atoms with Crippen LogP contribution in [0.1, 0.15) is 53.6 Å². The van der Waals surface area contributed by atoms with Gasteiger partial charge in [-0.05, 0) is 19.4 Å². The molecule has 28 heavy (non-hydrogen) atoms. The second-order valence-corrected chi connectivity index (χ2v) is 6.71. The number of Topliss-reactive ketones (excluding diaryl/α,β-unsaturated/α-hetero) is 1. The fraction of sp³-hybridized carbons (Fsp3) is 0.364. The Hall–Kier alpha value is -3.02. The SMILES string of the molecule is CCOC(=O)CC[C@H]([C@H](CC(=O)c1ccc(C)cc1)c1ccccc1)[N+](=O)[O-]. The number of hydrogen-bond acceptors (Lipinski definition) is 5. The van der Waals surface area contributed by atoms with Gasteiger partial charge in [0.2, 0.25) is 6.04 Å². The highest BCUT2D eigenvalue weighted by atomic mass is 16.6. The van der Waals surface area contributed by atoms with Crippen LogP contribution in [0.15, 0.2) is 54.6 Å². The van der Waals surface area contributed by atoms with Crippen LogP contribution < -0.4 is 0 Å². The van der Waals surface area contributed by atoms with Gasteiger partial charge in [0.1, 0.15) is 0 Å². The van der Waals surface area contributed by atoms with Crippen LogP contribution in [-0.4, -0.2) is 29.3 Å². The van der Waals surface area contributed by atoms with Crippen LogP contribution in [-0.2, 0) is 9.53 Å². The first kappa shape index (κ1) is 21.3. The third-order valence-electron chi connectivity index (χ3n) is 4.69. The molecule has 0 aliphatic heterocycles. The summed E-state index contributed by atoms with van der Waals surface area (Å²) in [5, 5.41) is 11.8. The molecule has 2 rings (SSSR count). The van der Waals surface area contributed by atoms with Gasteiger partial charge in [-0.3, -0.25) is 19.7 Å². The Balaban J connectivity index is 2.26. The van der Waals surface area contributed by atoms with Crippen molar-refractivity contribution in [1.29, 1.82) is 0 Å². The van der Waals surface area contributed by atoms with Crippen molar-refractivity contribution >= 4 is 11.8 Å². The summed E-state index contributed by atoms with van der Waals surface area (Å²) in [7, 11) is 0. The molecule has 0 spiro atoms. The molecule has 0 unspecified atom stereocenters. The van der Waals surface area contributed by atoms with Crippen molar-refractivity contribution in [3.63, 3.8) is 0 Å². The Kier molecular flexibility index (Phi) is 7.87. The van der Waals surface area contributed by atoms with Crippen molar-refractivity contribution in [3.8, 4) is 0 Å². The number of ketones is 1. The van der Waals surface area contributed by atoms with E-state index < -0.39 is 17.9 Å². The van der Waals surface area contributed by atoms with Gasteiger partial charge >= 0.3 is 5.97 Å². The molecule has 0 fully saturated rings. The Morgan fingerprint density at radius 2 is 1.71 bits per heavy atom. The van der Waals surface area contributed by atoms with Gasteiger partial charge in [-0.15, -0.1) is 0 Å². The number of hydrogen-bond donors (Lipinski definition) is 0. The zero-order valence-electron chi connectivity index (χ0n) is 16.2. The third kappa shape index (κ3) is 6.01. The zero-order valence-corrected chi connectivity index (χ0v) is 16.2. The highest BCUT2D eigenvalue weighted by molar-refractivity contribution is 5.96. The van der Waals surface area contributed by atoms with Crippen LogP contribution >= 0.6 is 0 Å². The molecule has 148 valence electrons. The van der Waals surface area contributed by atoms with Crippen molar-refractivity contribution in [1.82, 2.24) is 0 Å². The van der Waals surface area contributed by atoms with Crippen molar-refractivity contribution in [2.24, 2.45) is 0 Å². The minimum absolute atomic E-state index is 0.00153.